The Labute approximate surface area is 176 Å². The molecule has 4 N–H and O–H groups in total. The lowest BCUT2D eigenvalue weighted by Crippen LogP contribution is -2.44. The van der Waals surface area contributed by atoms with Crippen molar-refractivity contribution in [1.29, 1.82) is 0 Å². The normalized spacial score (nSPS) is 24.3. The number of carbonyl (C=O) groups is 2. The van der Waals surface area contributed by atoms with Crippen LogP contribution in [0.15, 0.2) is 42.5 Å². The molecule has 2 saturated heterocycles. The summed E-state index contributed by atoms with van der Waals surface area (Å²) in [7, 11) is 0. The molecule has 0 spiro atoms. The smallest absolute Gasteiger partial charge is 0.221 e. The summed E-state index contributed by atoms with van der Waals surface area (Å²) in [5, 5.41) is 0. The minimum Gasteiger partial charge on any atom is -0.369 e. The average Bonchev–Trinajstić information content (AvgIpc) is 3.35. The molecule has 5 rings (SSSR count). The molecule has 0 aliphatic carbocycles. The highest BCUT2D eigenvalue weighted by atomic mass is 16.1. The van der Waals surface area contributed by atoms with Gasteiger partial charge >= 0.3 is 0 Å². The molecule has 0 saturated carbocycles. The first-order chi connectivity index (χ1) is 14.5. The van der Waals surface area contributed by atoms with E-state index in [1.807, 2.05) is 12.1 Å². The summed E-state index contributed by atoms with van der Waals surface area (Å²) >= 11 is 0. The Balaban J connectivity index is 1.53. The van der Waals surface area contributed by atoms with E-state index in [-0.39, 0.29) is 24.7 Å². The highest BCUT2D eigenvalue weighted by Gasteiger charge is 2.48. The standard InChI is InChI=1S/C24H28N4O2/c25-22(29)13-15-3-6-17(7-4-15)27-11-9-18-20-2-1-10-28(20)21-8-5-16(14-23(26)30)12-19(21)24(18)27/h3-8,12,18,20,24H,1-2,9-11,13-14H2,(H2,25,29)(H2,26,30)/t18-,20-,24-/m0/s1. The molecule has 0 aromatic heterocycles. The van der Waals surface area contributed by atoms with E-state index in [1.165, 1.54) is 29.8 Å². The predicted molar refractivity (Wildman–Crippen MR) is 117 cm³/mol. The second-order valence-electron chi connectivity index (χ2n) is 8.84. The quantitative estimate of drug-likeness (QED) is 0.800. The summed E-state index contributed by atoms with van der Waals surface area (Å²) in [6, 6.07) is 15.5. The van der Waals surface area contributed by atoms with Gasteiger partial charge in [0.25, 0.3) is 0 Å². The van der Waals surface area contributed by atoms with Crippen LogP contribution >= 0.6 is 0 Å². The Bertz CT molecular complexity index is 987. The van der Waals surface area contributed by atoms with E-state index in [0.717, 1.165) is 30.6 Å². The Morgan fingerprint density at radius 1 is 0.867 bits per heavy atom. The van der Waals surface area contributed by atoms with Crippen LogP contribution in [-0.2, 0) is 22.4 Å². The van der Waals surface area contributed by atoms with E-state index < -0.39 is 0 Å². The Morgan fingerprint density at radius 3 is 2.30 bits per heavy atom. The van der Waals surface area contributed by atoms with Crippen LogP contribution in [0.5, 0.6) is 0 Å². The van der Waals surface area contributed by atoms with Crippen molar-refractivity contribution >= 4 is 23.2 Å². The summed E-state index contributed by atoms with van der Waals surface area (Å²) in [5.74, 6) is -0.0303. The molecule has 0 radical (unpaired) electrons. The van der Waals surface area contributed by atoms with Gasteiger partial charge in [-0.15, -0.1) is 0 Å². The van der Waals surface area contributed by atoms with Crippen LogP contribution in [0.25, 0.3) is 0 Å². The van der Waals surface area contributed by atoms with Crippen molar-refractivity contribution in [2.45, 2.75) is 44.2 Å². The molecule has 0 unspecified atom stereocenters. The van der Waals surface area contributed by atoms with Gasteiger partial charge in [-0.2, -0.15) is 0 Å². The van der Waals surface area contributed by atoms with Gasteiger partial charge in [-0.3, -0.25) is 9.59 Å². The first-order valence-electron chi connectivity index (χ1n) is 10.8. The van der Waals surface area contributed by atoms with E-state index in [9.17, 15) is 9.59 Å². The van der Waals surface area contributed by atoms with Gasteiger partial charge in [0.2, 0.25) is 11.8 Å². The number of fused-ring (bicyclic) bond motifs is 6. The van der Waals surface area contributed by atoms with Crippen molar-refractivity contribution in [3.63, 3.8) is 0 Å². The molecule has 3 aliphatic rings. The van der Waals surface area contributed by atoms with Crippen LogP contribution in [0, 0.1) is 5.92 Å². The van der Waals surface area contributed by atoms with Crippen LogP contribution in [-0.4, -0.2) is 30.9 Å². The highest BCUT2D eigenvalue weighted by molar-refractivity contribution is 5.78. The van der Waals surface area contributed by atoms with Crippen molar-refractivity contribution in [3.8, 4) is 0 Å². The lowest BCUT2D eigenvalue weighted by molar-refractivity contribution is -0.118. The van der Waals surface area contributed by atoms with Gasteiger partial charge in [0, 0.05) is 36.4 Å². The first-order valence-corrected chi connectivity index (χ1v) is 10.8. The van der Waals surface area contributed by atoms with Crippen LogP contribution in [0.2, 0.25) is 0 Å². The number of primary amides is 2. The van der Waals surface area contributed by atoms with Gasteiger partial charge < -0.3 is 21.3 Å². The molecule has 3 aliphatic heterocycles. The second-order valence-corrected chi connectivity index (χ2v) is 8.84. The van der Waals surface area contributed by atoms with Crippen LogP contribution in [0.4, 0.5) is 11.4 Å². The van der Waals surface area contributed by atoms with Crippen LogP contribution < -0.4 is 21.3 Å². The topological polar surface area (TPSA) is 92.7 Å². The van der Waals surface area contributed by atoms with Gasteiger partial charge in [-0.1, -0.05) is 24.3 Å². The average molecular weight is 405 g/mol. The number of benzene rings is 2. The third kappa shape index (κ3) is 3.20. The maximum Gasteiger partial charge on any atom is 0.221 e. The molecule has 3 heterocycles. The summed E-state index contributed by atoms with van der Waals surface area (Å²) in [6.07, 6.45) is 4.18. The maximum absolute atomic E-state index is 11.5. The zero-order chi connectivity index (χ0) is 20.8. The summed E-state index contributed by atoms with van der Waals surface area (Å²) in [6.45, 7) is 2.12. The summed E-state index contributed by atoms with van der Waals surface area (Å²) in [5.41, 5.74) is 16.5. The number of hydrogen-bond donors (Lipinski definition) is 2. The third-order valence-corrected chi connectivity index (χ3v) is 6.98. The molecule has 30 heavy (non-hydrogen) atoms. The van der Waals surface area contributed by atoms with Gasteiger partial charge in [-0.05, 0) is 54.2 Å². The van der Waals surface area contributed by atoms with Gasteiger partial charge in [0.15, 0.2) is 0 Å². The van der Waals surface area contributed by atoms with Gasteiger partial charge in [0.1, 0.15) is 0 Å². The molecule has 3 atom stereocenters. The number of hydrogen-bond acceptors (Lipinski definition) is 4. The fourth-order valence-electron chi connectivity index (χ4n) is 5.86. The lowest BCUT2D eigenvalue weighted by atomic mass is 9.81. The molecular weight excluding hydrogens is 376 g/mol. The molecule has 6 nitrogen and oxygen atoms in total. The lowest BCUT2D eigenvalue weighted by Gasteiger charge is -2.44. The molecule has 0 bridgehead atoms. The number of nitrogens with two attached hydrogens (primary N) is 2. The monoisotopic (exact) mass is 404 g/mol. The molecular formula is C24H28N4O2. The molecule has 2 aromatic carbocycles. The summed E-state index contributed by atoms with van der Waals surface area (Å²) < 4.78 is 0. The zero-order valence-electron chi connectivity index (χ0n) is 17.1. The van der Waals surface area contributed by atoms with Crippen molar-refractivity contribution in [1.82, 2.24) is 0 Å². The predicted octanol–water partition coefficient (Wildman–Crippen LogP) is 2.29. The number of anilines is 2. The number of nitrogens with zero attached hydrogens (tertiary/aromatic N) is 2. The van der Waals surface area contributed by atoms with Crippen molar-refractivity contribution < 1.29 is 9.59 Å². The minimum atomic E-state index is -0.312. The largest absolute Gasteiger partial charge is 0.369 e. The van der Waals surface area contributed by atoms with Crippen molar-refractivity contribution in [2.24, 2.45) is 17.4 Å². The Morgan fingerprint density at radius 2 is 1.57 bits per heavy atom. The SMILES string of the molecule is NC(=O)Cc1ccc(N2CC[C@@H]3[C@H]2c2cc(CC(N)=O)ccc2N2CCC[C@@H]32)cc1. The Kier molecular flexibility index (Phi) is 4.65. The van der Waals surface area contributed by atoms with E-state index in [2.05, 4.69) is 40.1 Å². The molecule has 6 heteroatoms. The van der Waals surface area contributed by atoms with Crippen LogP contribution in [0.1, 0.15) is 42.0 Å². The number of carbonyl (C=O) groups excluding carboxylic acids is 2. The maximum atomic E-state index is 11.5. The molecule has 2 amide bonds. The Hall–Kier alpha value is -3.02. The van der Waals surface area contributed by atoms with Crippen molar-refractivity contribution in [2.75, 3.05) is 22.9 Å². The molecule has 2 aromatic rings. The second kappa shape index (κ2) is 7.35. The minimum absolute atomic E-state index is 0.267. The highest BCUT2D eigenvalue weighted by Crippen LogP contribution is 2.52. The number of rotatable bonds is 5. The van der Waals surface area contributed by atoms with Gasteiger partial charge in [-0.25, -0.2) is 0 Å². The van der Waals surface area contributed by atoms with E-state index in [0.29, 0.717) is 18.0 Å². The third-order valence-electron chi connectivity index (χ3n) is 6.98. The van der Waals surface area contributed by atoms with Gasteiger partial charge in [0.05, 0.1) is 18.9 Å². The van der Waals surface area contributed by atoms with E-state index >= 15 is 0 Å². The zero-order valence-corrected chi connectivity index (χ0v) is 17.1. The summed E-state index contributed by atoms with van der Waals surface area (Å²) in [4.78, 5) is 27.8. The number of amides is 2. The fraction of sp³-hybridized carbons (Fsp3) is 0.417. The first kappa shape index (κ1) is 19.0. The fourth-order valence-corrected chi connectivity index (χ4v) is 5.86. The van der Waals surface area contributed by atoms with E-state index in [1.54, 1.807) is 0 Å². The van der Waals surface area contributed by atoms with E-state index in [4.69, 9.17) is 11.5 Å². The van der Waals surface area contributed by atoms with Crippen LogP contribution in [0.3, 0.4) is 0 Å². The van der Waals surface area contributed by atoms with Crippen molar-refractivity contribution in [3.05, 3.63) is 59.2 Å². The molecule has 156 valence electrons. The molecule has 2 fully saturated rings.